The molecule has 0 N–H and O–H groups in total. The third-order valence-electron chi connectivity index (χ3n) is 2.25. The van der Waals surface area contributed by atoms with Crippen LogP contribution in [-0.4, -0.2) is 62.1 Å². The van der Waals surface area contributed by atoms with Gasteiger partial charge in [0, 0.05) is 39.3 Å². The Morgan fingerprint density at radius 1 is 0.677 bits per heavy atom. The summed E-state index contributed by atoms with van der Waals surface area (Å²) >= 11 is 0. The zero-order chi connectivity index (χ0) is 24.5. The van der Waals surface area contributed by atoms with Gasteiger partial charge in [-0.1, -0.05) is 27.7 Å². The second-order valence-corrected chi connectivity index (χ2v) is 6.12. The minimum Gasteiger partial charge on any atom is -0.852 e. The van der Waals surface area contributed by atoms with Crippen molar-refractivity contribution >= 4 is 23.5 Å². The largest absolute Gasteiger partial charge is 4.00 e. The topological polar surface area (TPSA) is 179 Å². The number of hydrogen-bond donors (Lipinski definition) is 0. The maximum absolute atomic E-state index is 10.4. The van der Waals surface area contributed by atoms with Crippen LogP contribution >= 0.6 is 0 Å². The molecule has 0 saturated heterocycles. The summed E-state index contributed by atoms with van der Waals surface area (Å²) in [5.74, 6) is -4.93. The summed E-state index contributed by atoms with van der Waals surface area (Å²) in [4.78, 5) is 40.5. The van der Waals surface area contributed by atoms with Crippen molar-refractivity contribution in [1.29, 1.82) is 0 Å². The van der Waals surface area contributed by atoms with Crippen LogP contribution in [0.3, 0.4) is 0 Å². The smallest absolute Gasteiger partial charge is 0.852 e. The third-order valence-corrected chi connectivity index (χ3v) is 2.25. The fourth-order valence-electron chi connectivity index (χ4n) is 1.16. The Morgan fingerprint density at radius 2 is 0.903 bits per heavy atom. The van der Waals surface area contributed by atoms with Crippen molar-refractivity contribution in [2.24, 2.45) is 0 Å². The molecule has 0 spiro atoms. The van der Waals surface area contributed by atoms with Crippen LogP contribution in [0.4, 0.5) is 0 Å². The van der Waals surface area contributed by atoms with Crippen molar-refractivity contribution in [3.05, 3.63) is 0 Å². The molecule has 0 heterocycles. The van der Waals surface area contributed by atoms with Gasteiger partial charge >= 0.3 is 21.7 Å². The van der Waals surface area contributed by atoms with E-state index in [4.69, 9.17) is 9.47 Å². The van der Waals surface area contributed by atoms with E-state index in [9.17, 15) is 39.6 Å². The summed E-state index contributed by atoms with van der Waals surface area (Å²) in [6, 6.07) is 0. The number of hydrogen-bond acceptors (Lipinski definition) is 10. The van der Waals surface area contributed by atoms with Gasteiger partial charge < -0.3 is 39.5 Å². The number of Topliss-reactive ketones (excluding diaryl/α,β-unsaturated/α-hetero) is 2. The Hall–Kier alpha value is -1.17. The van der Waals surface area contributed by atoms with Gasteiger partial charge in [0.25, 0.3) is 0 Å². The minimum atomic E-state index is -1.61. The molecule has 10 nitrogen and oxygen atoms in total. The number of rotatable bonds is 12. The van der Waals surface area contributed by atoms with Crippen LogP contribution in [0, 0.1) is 0 Å². The predicted octanol–water partition coefficient (Wildman–Crippen LogP) is -2.25. The fourth-order valence-corrected chi connectivity index (χ4v) is 1.16. The molecule has 180 valence electrons. The van der Waals surface area contributed by atoms with E-state index in [0.29, 0.717) is 39.3 Å². The molecule has 0 amide bonds. The number of carboxylic acid groups (broad SMARTS) is 2. The molecule has 31 heavy (non-hydrogen) atoms. The number of ketones is 2. The van der Waals surface area contributed by atoms with Gasteiger partial charge in [-0.25, -0.2) is 0 Å². The molecular weight excluding hydrogens is 448 g/mol. The summed E-state index contributed by atoms with van der Waals surface area (Å²) in [5, 5.41) is 38.8. The van der Waals surface area contributed by atoms with E-state index >= 15 is 0 Å². The van der Waals surface area contributed by atoms with Crippen molar-refractivity contribution in [3.63, 3.8) is 0 Å². The van der Waals surface area contributed by atoms with Crippen LogP contribution in [0.5, 0.6) is 0 Å². The van der Waals surface area contributed by atoms with Crippen LogP contribution in [-0.2, 0) is 50.4 Å². The maximum Gasteiger partial charge on any atom is 4.00 e. The zero-order valence-corrected chi connectivity index (χ0v) is 21.0. The first-order chi connectivity index (χ1) is 13.8. The van der Waals surface area contributed by atoms with Crippen molar-refractivity contribution in [2.75, 3.05) is 26.4 Å². The zero-order valence-electron chi connectivity index (χ0n) is 19.4. The Bertz CT molecular complexity index is 394. The molecule has 0 aliphatic carbocycles. The van der Waals surface area contributed by atoms with Crippen LogP contribution in [0.2, 0.25) is 0 Å². The molecule has 11 heteroatoms. The number of carboxylic acids is 2. The van der Waals surface area contributed by atoms with Crippen molar-refractivity contribution in [1.82, 2.24) is 0 Å². The van der Waals surface area contributed by atoms with Gasteiger partial charge in [-0.3, -0.25) is 9.59 Å². The predicted molar refractivity (Wildman–Crippen MR) is 102 cm³/mol. The van der Waals surface area contributed by atoms with Crippen molar-refractivity contribution in [2.45, 2.75) is 79.4 Å². The van der Waals surface area contributed by atoms with Crippen LogP contribution < -0.4 is 20.4 Å². The third kappa shape index (κ3) is 58.5. The summed E-state index contributed by atoms with van der Waals surface area (Å²) < 4.78 is 9.80. The minimum absolute atomic E-state index is 0. The molecule has 0 aromatic rings. The maximum atomic E-state index is 10.4. The molecule has 0 fully saturated rings. The van der Waals surface area contributed by atoms with E-state index < -0.39 is 35.7 Å². The molecule has 0 bridgehead atoms. The number of carbonyl (C=O) groups excluding carboxylic acids is 4. The molecular formula is C20H36O10Ti. The fraction of sp³-hybridized carbons (Fsp3) is 0.800. The van der Waals surface area contributed by atoms with E-state index in [1.54, 1.807) is 27.7 Å². The molecule has 0 aromatic carbocycles. The molecule has 0 unspecified atom stereocenters. The van der Waals surface area contributed by atoms with E-state index in [1.807, 2.05) is 13.8 Å². The summed E-state index contributed by atoms with van der Waals surface area (Å²) in [5.41, 5.74) is 0. The Morgan fingerprint density at radius 3 is 1.06 bits per heavy atom. The van der Waals surface area contributed by atoms with E-state index in [0.717, 1.165) is 0 Å². The summed E-state index contributed by atoms with van der Waals surface area (Å²) in [6.45, 7) is 12.1. The number of carbonyl (C=O) groups is 4. The normalized spacial score (nSPS) is 9.10. The standard InChI is InChI=1S/2C7H12O4.2C3H7O.Ti/c2*1-2-11-5-3-4-6(8)7(9)10;2*1-3(2)4;/h2*2-5H2,1H3,(H,9,10);2*3H,1-2H3;/q;;2*-1;+4/p-2. The second-order valence-electron chi connectivity index (χ2n) is 6.12. The van der Waals surface area contributed by atoms with Gasteiger partial charge in [0.1, 0.15) is 11.9 Å². The van der Waals surface area contributed by atoms with Crippen LogP contribution in [0.25, 0.3) is 0 Å². The van der Waals surface area contributed by atoms with E-state index in [2.05, 4.69) is 0 Å². The Kier molecular flexibility index (Phi) is 40.2. The number of aliphatic carboxylic acids is 2. The van der Waals surface area contributed by atoms with E-state index in [-0.39, 0.29) is 34.6 Å². The molecule has 0 aliphatic heterocycles. The molecule has 0 radical (unpaired) electrons. The monoisotopic (exact) mass is 484 g/mol. The van der Waals surface area contributed by atoms with Gasteiger partial charge in [-0.05, 0) is 26.7 Å². The summed E-state index contributed by atoms with van der Waals surface area (Å²) in [7, 11) is 0. The Labute approximate surface area is 200 Å². The molecule has 0 saturated carbocycles. The Balaban J connectivity index is -0.000000106. The van der Waals surface area contributed by atoms with E-state index in [1.165, 1.54) is 0 Å². The van der Waals surface area contributed by atoms with Gasteiger partial charge in [-0.15, -0.1) is 12.2 Å². The van der Waals surface area contributed by atoms with Gasteiger partial charge in [0.2, 0.25) is 0 Å². The SMILES string of the molecule is CC(C)[O-].CC(C)[O-].CCOCCCC(=O)C(=O)[O-].CCOCCCC(=O)C(=O)[O-].[Ti+4]. The van der Waals surface area contributed by atoms with Gasteiger partial charge in [0.15, 0.2) is 11.6 Å². The van der Waals surface area contributed by atoms with Crippen molar-refractivity contribution in [3.8, 4) is 0 Å². The quantitative estimate of drug-likeness (QED) is 0.167. The second kappa shape index (κ2) is 31.0. The van der Waals surface area contributed by atoms with Gasteiger partial charge in [-0.2, -0.15) is 0 Å². The molecule has 0 aliphatic rings. The first-order valence-electron chi connectivity index (χ1n) is 9.78. The molecule has 0 aromatic heterocycles. The molecule has 0 rings (SSSR count). The average Bonchev–Trinajstić information content (AvgIpc) is 2.61. The molecule has 0 atom stereocenters. The average molecular weight is 484 g/mol. The summed E-state index contributed by atoms with van der Waals surface area (Å²) in [6.07, 6.45) is 0.0615. The first-order valence-corrected chi connectivity index (χ1v) is 9.78. The number of ether oxygens (including phenoxy) is 2. The van der Waals surface area contributed by atoms with Crippen LogP contribution in [0.1, 0.15) is 67.2 Å². The first kappa shape index (κ1) is 40.2. The van der Waals surface area contributed by atoms with Gasteiger partial charge in [0.05, 0.1) is 0 Å². The van der Waals surface area contributed by atoms with Crippen molar-refractivity contribution < 1.29 is 70.8 Å². The van der Waals surface area contributed by atoms with Crippen LogP contribution in [0.15, 0.2) is 0 Å².